The minimum absolute atomic E-state index is 0.316. The number of aryl methyl sites for hydroxylation is 2. The second-order valence-electron chi connectivity index (χ2n) is 5.26. The molecule has 0 aliphatic heterocycles. The van der Waals surface area contributed by atoms with Crippen molar-refractivity contribution in [1.82, 2.24) is 5.43 Å². The number of hydrazone groups is 1. The summed E-state index contributed by atoms with van der Waals surface area (Å²) < 4.78 is 5.64. The zero-order chi connectivity index (χ0) is 16.8. The van der Waals surface area contributed by atoms with Gasteiger partial charge in [-0.3, -0.25) is 4.79 Å². The second kappa shape index (κ2) is 7.79. The Bertz CT molecular complexity index is 729. The van der Waals surface area contributed by atoms with E-state index < -0.39 is 6.10 Å². The molecule has 1 N–H and O–H groups in total. The van der Waals surface area contributed by atoms with Gasteiger partial charge in [0.15, 0.2) is 6.10 Å². The van der Waals surface area contributed by atoms with Crippen LogP contribution in [0.25, 0.3) is 0 Å². The van der Waals surface area contributed by atoms with E-state index in [0.29, 0.717) is 10.8 Å². The average molecular weight is 331 g/mol. The third-order valence-corrected chi connectivity index (χ3v) is 3.61. The Morgan fingerprint density at radius 1 is 1.22 bits per heavy atom. The molecule has 0 saturated heterocycles. The molecule has 120 valence electrons. The van der Waals surface area contributed by atoms with Crippen LogP contribution in [-0.2, 0) is 4.79 Å². The number of nitrogens with one attached hydrogen (secondary N) is 1. The molecule has 23 heavy (non-hydrogen) atoms. The van der Waals surface area contributed by atoms with Crippen LogP contribution in [0.1, 0.15) is 23.6 Å². The van der Waals surface area contributed by atoms with E-state index in [1.165, 1.54) is 0 Å². The number of amides is 1. The summed E-state index contributed by atoms with van der Waals surface area (Å²) in [6, 6.07) is 13.1. The summed E-state index contributed by atoms with van der Waals surface area (Å²) in [4.78, 5) is 12.0. The quantitative estimate of drug-likeness (QED) is 0.668. The molecule has 0 aliphatic rings. The summed E-state index contributed by atoms with van der Waals surface area (Å²) in [7, 11) is 0. The van der Waals surface area contributed by atoms with Gasteiger partial charge in [-0.2, -0.15) is 5.10 Å². The maximum absolute atomic E-state index is 12.0. The van der Waals surface area contributed by atoms with E-state index in [1.54, 1.807) is 31.3 Å². The molecule has 2 aromatic rings. The Morgan fingerprint density at radius 2 is 1.96 bits per heavy atom. The van der Waals surface area contributed by atoms with Gasteiger partial charge in [-0.1, -0.05) is 35.9 Å². The van der Waals surface area contributed by atoms with Crippen molar-refractivity contribution < 1.29 is 9.53 Å². The van der Waals surface area contributed by atoms with Crippen LogP contribution in [0.2, 0.25) is 5.02 Å². The lowest BCUT2D eigenvalue weighted by molar-refractivity contribution is -0.127. The molecule has 0 aliphatic carbocycles. The predicted octanol–water partition coefficient (Wildman–Crippen LogP) is 3.87. The summed E-state index contributed by atoms with van der Waals surface area (Å²) in [6.45, 7) is 5.53. The summed E-state index contributed by atoms with van der Waals surface area (Å²) in [6.07, 6.45) is 0.955. The van der Waals surface area contributed by atoms with Crippen molar-refractivity contribution in [3.63, 3.8) is 0 Å². The molecule has 1 atom stereocenters. The zero-order valence-corrected chi connectivity index (χ0v) is 14.1. The Hall–Kier alpha value is -2.33. The highest BCUT2D eigenvalue weighted by atomic mass is 35.5. The average Bonchev–Trinajstić information content (AvgIpc) is 2.51. The number of carbonyl (C=O) groups is 1. The third-order valence-electron chi connectivity index (χ3n) is 3.38. The highest BCUT2D eigenvalue weighted by molar-refractivity contribution is 6.30. The van der Waals surface area contributed by atoms with Gasteiger partial charge in [0.1, 0.15) is 5.75 Å². The highest BCUT2D eigenvalue weighted by Crippen LogP contribution is 2.22. The van der Waals surface area contributed by atoms with Gasteiger partial charge in [0.25, 0.3) is 5.91 Å². The first kappa shape index (κ1) is 17.0. The molecule has 0 heterocycles. The molecule has 0 aromatic heterocycles. The molecule has 0 radical (unpaired) electrons. The van der Waals surface area contributed by atoms with E-state index >= 15 is 0 Å². The van der Waals surface area contributed by atoms with Crippen molar-refractivity contribution >= 4 is 23.7 Å². The Labute approximate surface area is 141 Å². The molecule has 0 bridgehead atoms. The summed E-state index contributed by atoms with van der Waals surface area (Å²) >= 11 is 5.90. The van der Waals surface area contributed by atoms with Crippen LogP contribution in [0.4, 0.5) is 0 Å². The van der Waals surface area contributed by atoms with Gasteiger partial charge in [0.2, 0.25) is 0 Å². The van der Waals surface area contributed by atoms with Gasteiger partial charge < -0.3 is 4.74 Å². The van der Waals surface area contributed by atoms with Crippen molar-refractivity contribution in [3.05, 3.63) is 64.2 Å². The van der Waals surface area contributed by atoms with Gasteiger partial charge in [-0.05, 0) is 55.7 Å². The number of hydrogen-bond donors (Lipinski definition) is 1. The van der Waals surface area contributed by atoms with Crippen LogP contribution in [-0.4, -0.2) is 18.2 Å². The van der Waals surface area contributed by atoms with Crippen LogP contribution in [0.5, 0.6) is 5.75 Å². The van der Waals surface area contributed by atoms with E-state index in [2.05, 4.69) is 10.5 Å². The smallest absolute Gasteiger partial charge is 0.280 e. The first-order chi connectivity index (χ1) is 11.0. The number of benzene rings is 2. The van der Waals surface area contributed by atoms with E-state index in [-0.39, 0.29) is 5.91 Å². The largest absolute Gasteiger partial charge is 0.481 e. The Balaban J connectivity index is 1.94. The van der Waals surface area contributed by atoms with E-state index in [9.17, 15) is 4.79 Å². The van der Waals surface area contributed by atoms with Crippen molar-refractivity contribution in [1.29, 1.82) is 0 Å². The van der Waals surface area contributed by atoms with Gasteiger partial charge in [-0.15, -0.1) is 0 Å². The molecule has 0 spiro atoms. The molecule has 4 nitrogen and oxygen atoms in total. The first-order valence-corrected chi connectivity index (χ1v) is 7.66. The number of hydrogen-bond acceptors (Lipinski definition) is 3. The lowest BCUT2D eigenvalue weighted by Crippen LogP contribution is -2.33. The van der Waals surface area contributed by atoms with E-state index in [1.807, 2.05) is 38.1 Å². The van der Waals surface area contributed by atoms with Crippen LogP contribution >= 0.6 is 11.6 Å². The Morgan fingerprint density at radius 3 is 2.65 bits per heavy atom. The highest BCUT2D eigenvalue weighted by Gasteiger charge is 2.15. The zero-order valence-electron chi connectivity index (χ0n) is 13.3. The summed E-state index contributed by atoms with van der Waals surface area (Å²) in [5.41, 5.74) is 5.41. The molecular formula is C18H19ClN2O2. The van der Waals surface area contributed by atoms with Crippen LogP contribution < -0.4 is 10.2 Å². The molecular weight excluding hydrogens is 312 g/mol. The van der Waals surface area contributed by atoms with Crippen LogP contribution in [0.3, 0.4) is 0 Å². The van der Waals surface area contributed by atoms with Crippen molar-refractivity contribution in [2.45, 2.75) is 26.9 Å². The summed E-state index contributed by atoms with van der Waals surface area (Å²) in [5, 5.41) is 4.61. The van der Waals surface area contributed by atoms with Crippen molar-refractivity contribution in [2.75, 3.05) is 0 Å². The standard InChI is InChI=1S/C18H19ClN2O2/c1-12-6-4-5-7-15(12)11-20-21-18(22)14(3)23-17-9-8-16(19)10-13(17)2/h4-11,14H,1-3H3,(H,21,22)/b20-11+. The van der Waals surface area contributed by atoms with Gasteiger partial charge in [0.05, 0.1) is 6.21 Å². The minimum atomic E-state index is -0.663. The predicted molar refractivity (Wildman–Crippen MR) is 93.2 cm³/mol. The number of carbonyl (C=O) groups excluding carboxylic acids is 1. The van der Waals surface area contributed by atoms with Gasteiger partial charge in [0, 0.05) is 5.02 Å². The van der Waals surface area contributed by atoms with Crippen LogP contribution in [0, 0.1) is 13.8 Å². The van der Waals surface area contributed by atoms with E-state index in [0.717, 1.165) is 16.7 Å². The minimum Gasteiger partial charge on any atom is -0.481 e. The van der Waals surface area contributed by atoms with E-state index in [4.69, 9.17) is 16.3 Å². The topological polar surface area (TPSA) is 50.7 Å². The molecule has 1 amide bonds. The monoisotopic (exact) mass is 330 g/mol. The fourth-order valence-electron chi connectivity index (χ4n) is 1.98. The molecule has 2 aromatic carbocycles. The second-order valence-corrected chi connectivity index (χ2v) is 5.70. The fraction of sp³-hybridized carbons (Fsp3) is 0.222. The van der Waals surface area contributed by atoms with Gasteiger partial charge in [-0.25, -0.2) is 5.43 Å². The molecule has 5 heteroatoms. The molecule has 1 unspecified atom stereocenters. The first-order valence-electron chi connectivity index (χ1n) is 7.28. The molecule has 0 saturated carbocycles. The van der Waals surface area contributed by atoms with Gasteiger partial charge >= 0.3 is 0 Å². The summed E-state index contributed by atoms with van der Waals surface area (Å²) in [5.74, 6) is 0.309. The lowest BCUT2D eigenvalue weighted by Gasteiger charge is -2.14. The molecule has 2 rings (SSSR count). The maximum atomic E-state index is 12.0. The van der Waals surface area contributed by atoms with Crippen molar-refractivity contribution in [3.8, 4) is 5.75 Å². The van der Waals surface area contributed by atoms with Crippen molar-refractivity contribution in [2.24, 2.45) is 5.10 Å². The number of ether oxygens (including phenoxy) is 1. The third kappa shape index (κ3) is 4.83. The lowest BCUT2D eigenvalue weighted by atomic mass is 10.1. The number of rotatable bonds is 5. The molecule has 0 fully saturated rings. The Kier molecular flexibility index (Phi) is 5.77. The number of halogens is 1. The van der Waals surface area contributed by atoms with Crippen LogP contribution in [0.15, 0.2) is 47.6 Å². The fourth-order valence-corrected chi connectivity index (χ4v) is 2.20. The number of nitrogens with zero attached hydrogens (tertiary/aromatic N) is 1. The SMILES string of the molecule is Cc1ccccc1/C=N/NC(=O)C(C)Oc1ccc(Cl)cc1C. The maximum Gasteiger partial charge on any atom is 0.280 e. The normalized spacial score (nSPS) is 12.2.